The molecule has 9 heteroatoms. The first-order chi connectivity index (χ1) is 5.66. The summed E-state index contributed by atoms with van der Waals surface area (Å²) in [7, 11) is 0. The van der Waals surface area contributed by atoms with Crippen LogP contribution in [0.3, 0.4) is 0 Å². The molecule has 0 radical (unpaired) electrons. The summed E-state index contributed by atoms with van der Waals surface area (Å²) in [6, 6.07) is 0. The first kappa shape index (κ1) is 30.9. The molecule has 0 heterocycles. The molecule has 13 heavy (non-hydrogen) atoms. The van der Waals surface area contributed by atoms with E-state index >= 15 is 0 Å². The van der Waals surface area contributed by atoms with Gasteiger partial charge in [0.2, 0.25) is 0 Å². The van der Waals surface area contributed by atoms with Gasteiger partial charge in [0.1, 0.15) is 0 Å². The van der Waals surface area contributed by atoms with Crippen molar-refractivity contribution in [3.05, 3.63) is 0 Å². The molecular formula is C4H4N4O4Zn. The predicted molar refractivity (Wildman–Crippen MR) is 30.2 cm³/mol. The first-order valence-corrected chi connectivity index (χ1v) is 1.79. The van der Waals surface area contributed by atoms with Crippen molar-refractivity contribution in [1.29, 1.82) is 21.0 Å². The Balaban J connectivity index is -0.0000000213. The fourth-order valence-corrected chi connectivity index (χ4v) is 0. The molecule has 0 aliphatic heterocycles. The van der Waals surface area contributed by atoms with Gasteiger partial charge >= 0.3 is 0 Å². The van der Waals surface area contributed by atoms with E-state index < -0.39 is 0 Å². The van der Waals surface area contributed by atoms with Crippen molar-refractivity contribution in [1.82, 2.24) is 0 Å². The average Bonchev–Trinajstić information content (AvgIpc) is 1.92. The Morgan fingerprint density at radius 3 is 0.538 bits per heavy atom. The number of rotatable bonds is 0. The third-order valence-electron chi connectivity index (χ3n) is 0. The maximum atomic E-state index is 6.88. The summed E-state index contributed by atoms with van der Waals surface area (Å²) in [5, 5.41) is 55.0. The van der Waals surface area contributed by atoms with Crippen molar-refractivity contribution in [3.8, 4) is 25.0 Å². The van der Waals surface area contributed by atoms with E-state index in [0.29, 0.717) is 0 Å². The zero-order valence-electron chi connectivity index (χ0n) is 6.28. The minimum atomic E-state index is 0. The van der Waals surface area contributed by atoms with E-state index in [1.807, 2.05) is 0 Å². The summed E-state index contributed by atoms with van der Waals surface area (Å²) in [5.74, 6) is 0. The van der Waals surface area contributed by atoms with Crippen LogP contribution in [-0.4, -0.2) is 20.4 Å². The van der Waals surface area contributed by atoms with Crippen LogP contribution in [-0.2, 0) is 19.5 Å². The fourth-order valence-electron chi connectivity index (χ4n) is 0. The molecule has 0 aliphatic rings. The van der Waals surface area contributed by atoms with Crippen LogP contribution in [0.25, 0.3) is 0 Å². The quantitative estimate of drug-likeness (QED) is 0.317. The second-order valence-corrected chi connectivity index (χ2v) is 0.400. The van der Waals surface area contributed by atoms with Gasteiger partial charge in [-0.3, -0.25) is 0 Å². The zero-order valence-corrected chi connectivity index (χ0v) is 9.25. The van der Waals surface area contributed by atoms with Crippen LogP contribution < -0.4 is 0 Å². The Bertz CT molecular complexity index is 158. The Labute approximate surface area is 86.5 Å². The van der Waals surface area contributed by atoms with Crippen molar-refractivity contribution in [2.24, 2.45) is 0 Å². The summed E-state index contributed by atoms with van der Waals surface area (Å²) in [5.41, 5.74) is 0. The largest absolute Gasteiger partial charge is 0.443 e. The molecule has 0 spiro atoms. The number of hydrogen-bond donors (Lipinski definition) is 4. The Kier molecular flexibility index (Phi) is 563. The van der Waals surface area contributed by atoms with Gasteiger partial charge in [0.25, 0.3) is 25.0 Å². The molecule has 66 valence electrons. The van der Waals surface area contributed by atoms with E-state index in [9.17, 15) is 0 Å². The van der Waals surface area contributed by atoms with Crippen LogP contribution in [0.4, 0.5) is 0 Å². The Hall–Kier alpha value is -2.22. The number of hydrogen-bond acceptors (Lipinski definition) is 8. The standard InChI is InChI=1S/4CHNO.Zn/c4*2-1-3;/h4*3H;. The molecule has 0 aromatic carbocycles. The Morgan fingerprint density at radius 1 is 0.538 bits per heavy atom. The van der Waals surface area contributed by atoms with Gasteiger partial charge in [-0.2, -0.15) is 21.0 Å². The van der Waals surface area contributed by atoms with Crippen molar-refractivity contribution < 1.29 is 39.9 Å². The molecular weight excluding hydrogens is 233 g/mol. The van der Waals surface area contributed by atoms with Crippen LogP contribution in [0.15, 0.2) is 0 Å². The molecule has 0 aromatic rings. The third kappa shape index (κ3) is 121. The van der Waals surface area contributed by atoms with E-state index in [-0.39, 0.29) is 19.5 Å². The van der Waals surface area contributed by atoms with Gasteiger partial charge in [-0.05, 0) is 0 Å². The van der Waals surface area contributed by atoms with Crippen molar-refractivity contribution in [2.75, 3.05) is 0 Å². The molecule has 4 N–H and O–H groups in total. The Morgan fingerprint density at radius 2 is 0.538 bits per heavy atom. The molecule has 8 nitrogen and oxygen atoms in total. The minimum absolute atomic E-state index is 0. The molecule has 0 saturated carbocycles. The van der Waals surface area contributed by atoms with Crippen LogP contribution in [0.1, 0.15) is 0 Å². The van der Waals surface area contributed by atoms with Gasteiger partial charge in [-0.15, -0.1) is 0 Å². The molecule has 0 aliphatic carbocycles. The predicted octanol–water partition coefficient (Wildman–Crippen LogP) is -0.643. The van der Waals surface area contributed by atoms with Crippen LogP contribution in [0.5, 0.6) is 0 Å². The first-order valence-electron chi connectivity index (χ1n) is 1.79. The van der Waals surface area contributed by atoms with E-state index in [1.54, 1.807) is 0 Å². The second-order valence-electron chi connectivity index (χ2n) is 0.400. The van der Waals surface area contributed by atoms with Crippen LogP contribution >= 0.6 is 0 Å². The third-order valence-corrected chi connectivity index (χ3v) is 0. The molecule has 0 unspecified atom stereocenters. The smallest absolute Gasteiger partial charge is 0.283 e. The second kappa shape index (κ2) is 237. The summed E-state index contributed by atoms with van der Waals surface area (Å²) in [4.78, 5) is 0. The summed E-state index contributed by atoms with van der Waals surface area (Å²) in [6.07, 6.45) is 3.00. The number of aliphatic hydroxyl groups is 4. The molecule has 0 aromatic heterocycles. The average molecular weight is 237 g/mol. The monoisotopic (exact) mass is 236 g/mol. The molecule has 0 bridgehead atoms. The molecule has 0 fully saturated rings. The fraction of sp³-hybridized carbons (Fsp3) is 0. The normalized spacial score (nSPS) is 2.15. The number of aliphatic hydroxyl groups excluding tert-OH is 4. The summed E-state index contributed by atoms with van der Waals surface area (Å²) >= 11 is 0. The molecule has 0 rings (SSSR count). The summed E-state index contributed by atoms with van der Waals surface area (Å²) in [6.45, 7) is 0. The molecule has 0 saturated heterocycles. The molecule has 0 amide bonds. The van der Waals surface area contributed by atoms with Crippen molar-refractivity contribution in [3.63, 3.8) is 0 Å². The maximum Gasteiger partial charge on any atom is 0.283 e. The maximum absolute atomic E-state index is 6.88. The van der Waals surface area contributed by atoms with Crippen LogP contribution in [0, 0.1) is 46.1 Å². The van der Waals surface area contributed by atoms with Crippen molar-refractivity contribution >= 4 is 0 Å². The van der Waals surface area contributed by atoms with Gasteiger partial charge in [-0.25, -0.2) is 0 Å². The van der Waals surface area contributed by atoms with Gasteiger partial charge in [-0.1, -0.05) is 0 Å². The number of nitriles is 4. The number of nitrogens with zero attached hydrogens (tertiary/aromatic N) is 4. The summed E-state index contributed by atoms with van der Waals surface area (Å²) < 4.78 is 0. The van der Waals surface area contributed by atoms with Crippen LogP contribution in [0.2, 0.25) is 0 Å². The topological polar surface area (TPSA) is 176 Å². The van der Waals surface area contributed by atoms with E-state index in [4.69, 9.17) is 41.5 Å². The van der Waals surface area contributed by atoms with E-state index in [0.717, 1.165) is 25.0 Å². The van der Waals surface area contributed by atoms with E-state index in [2.05, 4.69) is 0 Å². The van der Waals surface area contributed by atoms with Gasteiger partial charge in [0, 0.05) is 19.5 Å². The van der Waals surface area contributed by atoms with Gasteiger partial charge < -0.3 is 20.4 Å². The van der Waals surface area contributed by atoms with Gasteiger partial charge in [0.05, 0.1) is 0 Å². The van der Waals surface area contributed by atoms with Gasteiger partial charge in [0.15, 0.2) is 0 Å². The zero-order chi connectivity index (χ0) is 10.8. The SMILES string of the molecule is N#CO.N#CO.N#CO.N#CO.[Zn]. The molecule has 0 atom stereocenters. The minimum Gasteiger partial charge on any atom is -0.443 e. The van der Waals surface area contributed by atoms with E-state index in [1.165, 1.54) is 0 Å². The van der Waals surface area contributed by atoms with Crippen molar-refractivity contribution in [2.45, 2.75) is 0 Å².